The zero-order valence-corrected chi connectivity index (χ0v) is 13.7. The minimum Gasteiger partial charge on any atom is -0.497 e. The third-order valence-electron chi connectivity index (χ3n) is 2.94. The van der Waals surface area contributed by atoms with Gasteiger partial charge in [-0.05, 0) is 34.2 Å². The second-order valence-corrected chi connectivity index (χ2v) is 5.43. The fourth-order valence-corrected chi connectivity index (χ4v) is 2.60. The molecule has 0 aromatic heterocycles. The molecule has 0 aliphatic carbocycles. The second kappa shape index (κ2) is 7.50. The number of methoxy groups -OCH3 is 2. The summed E-state index contributed by atoms with van der Waals surface area (Å²) in [6.45, 7) is 1.10. The summed E-state index contributed by atoms with van der Waals surface area (Å²) in [6, 6.07) is 14.0. The van der Waals surface area contributed by atoms with Crippen molar-refractivity contribution in [2.24, 2.45) is 0 Å². The van der Waals surface area contributed by atoms with Crippen LogP contribution < -0.4 is 9.47 Å². The quantitative estimate of drug-likeness (QED) is 0.705. The molecule has 0 unspecified atom stereocenters. The maximum Gasteiger partial charge on any atom is 0.129 e. The van der Waals surface area contributed by atoms with Gasteiger partial charge in [-0.3, -0.25) is 0 Å². The van der Waals surface area contributed by atoms with Gasteiger partial charge in [0.05, 0.1) is 27.4 Å². The Morgan fingerprint density at radius 3 is 2.35 bits per heavy atom. The van der Waals surface area contributed by atoms with Crippen molar-refractivity contribution in [3.8, 4) is 11.5 Å². The third kappa shape index (κ3) is 3.86. The Morgan fingerprint density at radius 2 is 1.70 bits per heavy atom. The fourth-order valence-electron chi connectivity index (χ4n) is 1.87. The molecule has 0 saturated carbocycles. The Balaban J connectivity index is 2.05. The van der Waals surface area contributed by atoms with Gasteiger partial charge < -0.3 is 14.2 Å². The molecular weight excluding hydrogens is 367 g/mol. The van der Waals surface area contributed by atoms with Crippen molar-refractivity contribution in [1.82, 2.24) is 0 Å². The Labute approximate surface area is 133 Å². The highest BCUT2D eigenvalue weighted by molar-refractivity contribution is 14.1. The van der Waals surface area contributed by atoms with Crippen molar-refractivity contribution < 1.29 is 14.2 Å². The number of hydrogen-bond acceptors (Lipinski definition) is 3. The lowest BCUT2D eigenvalue weighted by Crippen LogP contribution is -2.00. The van der Waals surface area contributed by atoms with Gasteiger partial charge in [-0.15, -0.1) is 0 Å². The normalized spacial score (nSPS) is 10.3. The van der Waals surface area contributed by atoms with Crippen molar-refractivity contribution in [2.75, 3.05) is 14.2 Å². The zero-order chi connectivity index (χ0) is 14.4. The highest BCUT2D eigenvalue weighted by atomic mass is 127. The number of hydrogen-bond donors (Lipinski definition) is 0. The summed E-state index contributed by atoms with van der Waals surface area (Å²) >= 11 is 2.27. The minimum atomic E-state index is 0.514. The smallest absolute Gasteiger partial charge is 0.129 e. The molecule has 0 fully saturated rings. The summed E-state index contributed by atoms with van der Waals surface area (Å²) in [4.78, 5) is 0. The first-order chi connectivity index (χ1) is 9.74. The van der Waals surface area contributed by atoms with Crippen LogP contribution in [0.15, 0.2) is 42.5 Å². The minimum absolute atomic E-state index is 0.514. The van der Waals surface area contributed by atoms with Gasteiger partial charge in [0, 0.05) is 15.2 Å². The molecule has 2 rings (SSSR count). The standard InChI is InChI=1S/C16H17IO3/c1-18-13-8-15(17)14(16(9-13)19-2)11-20-10-12-6-4-3-5-7-12/h3-9H,10-11H2,1-2H3. The molecule has 0 radical (unpaired) electrons. The average Bonchev–Trinajstić information content (AvgIpc) is 2.49. The van der Waals surface area contributed by atoms with Gasteiger partial charge >= 0.3 is 0 Å². The Kier molecular flexibility index (Phi) is 5.67. The molecule has 106 valence electrons. The van der Waals surface area contributed by atoms with Crippen molar-refractivity contribution in [3.63, 3.8) is 0 Å². The SMILES string of the molecule is COc1cc(I)c(COCc2ccccc2)c(OC)c1. The summed E-state index contributed by atoms with van der Waals surface area (Å²) in [5, 5.41) is 0. The van der Waals surface area contributed by atoms with Crippen LogP contribution in [-0.4, -0.2) is 14.2 Å². The van der Waals surface area contributed by atoms with Gasteiger partial charge in [0.2, 0.25) is 0 Å². The van der Waals surface area contributed by atoms with E-state index in [9.17, 15) is 0 Å². The molecule has 3 nitrogen and oxygen atoms in total. The summed E-state index contributed by atoms with van der Waals surface area (Å²) in [6.07, 6.45) is 0. The van der Waals surface area contributed by atoms with E-state index >= 15 is 0 Å². The van der Waals surface area contributed by atoms with E-state index < -0.39 is 0 Å². The van der Waals surface area contributed by atoms with Gasteiger partial charge in [0.15, 0.2) is 0 Å². The predicted molar refractivity (Wildman–Crippen MR) is 87.2 cm³/mol. The molecule has 0 N–H and O–H groups in total. The van der Waals surface area contributed by atoms with Crippen LogP contribution in [0, 0.1) is 3.57 Å². The molecule has 4 heteroatoms. The van der Waals surface area contributed by atoms with E-state index in [-0.39, 0.29) is 0 Å². The maximum atomic E-state index is 5.78. The van der Waals surface area contributed by atoms with Crippen molar-refractivity contribution in [3.05, 3.63) is 57.2 Å². The molecule has 0 spiro atoms. The van der Waals surface area contributed by atoms with Crippen LogP contribution in [-0.2, 0) is 18.0 Å². The largest absolute Gasteiger partial charge is 0.497 e. The highest BCUT2D eigenvalue weighted by Gasteiger charge is 2.10. The van der Waals surface area contributed by atoms with Gasteiger partial charge in [0.1, 0.15) is 11.5 Å². The molecule has 2 aromatic rings. The first-order valence-corrected chi connectivity index (χ1v) is 7.34. The van der Waals surface area contributed by atoms with Gasteiger partial charge in [-0.2, -0.15) is 0 Å². The summed E-state index contributed by atoms with van der Waals surface area (Å²) < 4.78 is 17.5. The third-order valence-corrected chi connectivity index (χ3v) is 3.90. The molecule has 0 heterocycles. The number of ether oxygens (including phenoxy) is 3. The molecule has 2 aromatic carbocycles. The van der Waals surface area contributed by atoms with Crippen molar-refractivity contribution >= 4 is 22.6 Å². The Morgan fingerprint density at radius 1 is 0.950 bits per heavy atom. The van der Waals surface area contributed by atoms with E-state index in [4.69, 9.17) is 14.2 Å². The van der Waals surface area contributed by atoms with E-state index in [0.29, 0.717) is 13.2 Å². The van der Waals surface area contributed by atoms with E-state index in [2.05, 4.69) is 34.7 Å². The molecular formula is C16H17IO3. The zero-order valence-electron chi connectivity index (χ0n) is 11.6. The van der Waals surface area contributed by atoms with Gasteiger partial charge in [-0.25, -0.2) is 0 Å². The molecule has 20 heavy (non-hydrogen) atoms. The summed E-state index contributed by atoms with van der Waals surface area (Å²) in [5.41, 5.74) is 2.21. The first kappa shape index (κ1) is 15.1. The monoisotopic (exact) mass is 384 g/mol. The number of halogens is 1. The number of rotatable bonds is 6. The van der Waals surface area contributed by atoms with Crippen LogP contribution in [0.1, 0.15) is 11.1 Å². The topological polar surface area (TPSA) is 27.7 Å². The first-order valence-electron chi connectivity index (χ1n) is 6.26. The Bertz CT molecular complexity index is 555. The van der Waals surface area contributed by atoms with Gasteiger partial charge in [-0.1, -0.05) is 30.3 Å². The summed E-state index contributed by atoms with van der Waals surface area (Å²) in [5.74, 6) is 1.58. The predicted octanol–water partition coefficient (Wildman–Crippen LogP) is 4.03. The average molecular weight is 384 g/mol. The van der Waals surface area contributed by atoms with E-state index in [1.807, 2.05) is 30.3 Å². The fraction of sp³-hybridized carbons (Fsp3) is 0.250. The van der Waals surface area contributed by atoms with Crippen molar-refractivity contribution in [2.45, 2.75) is 13.2 Å². The van der Waals surface area contributed by atoms with E-state index in [1.54, 1.807) is 14.2 Å². The van der Waals surface area contributed by atoms with Crippen LogP contribution in [0.4, 0.5) is 0 Å². The van der Waals surface area contributed by atoms with Crippen LogP contribution in [0.25, 0.3) is 0 Å². The molecule has 0 atom stereocenters. The number of benzene rings is 2. The highest BCUT2D eigenvalue weighted by Crippen LogP contribution is 2.30. The van der Waals surface area contributed by atoms with E-state index in [0.717, 1.165) is 26.2 Å². The van der Waals surface area contributed by atoms with Gasteiger partial charge in [0.25, 0.3) is 0 Å². The lowest BCUT2D eigenvalue weighted by molar-refractivity contribution is 0.105. The lowest BCUT2D eigenvalue weighted by Gasteiger charge is -2.13. The molecule has 0 aliphatic heterocycles. The second-order valence-electron chi connectivity index (χ2n) is 4.27. The molecule has 0 saturated heterocycles. The van der Waals surface area contributed by atoms with Crippen LogP contribution in [0.2, 0.25) is 0 Å². The van der Waals surface area contributed by atoms with Crippen molar-refractivity contribution in [1.29, 1.82) is 0 Å². The van der Waals surface area contributed by atoms with E-state index in [1.165, 1.54) is 0 Å². The molecule has 0 amide bonds. The van der Waals surface area contributed by atoms with Crippen LogP contribution in [0.5, 0.6) is 11.5 Å². The van der Waals surface area contributed by atoms with Crippen LogP contribution in [0.3, 0.4) is 0 Å². The lowest BCUT2D eigenvalue weighted by atomic mass is 10.2. The maximum absolute atomic E-state index is 5.78. The summed E-state index contributed by atoms with van der Waals surface area (Å²) in [7, 11) is 3.31. The molecule has 0 aliphatic rings. The molecule has 0 bridgehead atoms. The van der Waals surface area contributed by atoms with Crippen LogP contribution >= 0.6 is 22.6 Å². The Hall–Kier alpha value is -1.27.